The molecular formula is C10HN5O2. The van der Waals surface area contributed by atoms with Gasteiger partial charge in [-0.25, -0.2) is 0 Å². The van der Waals surface area contributed by atoms with Gasteiger partial charge in [-0.3, -0.25) is 10.1 Å². The molecule has 0 aliphatic heterocycles. The largest absolute Gasteiger partial charge is 0.259 e. The Kier molecular flexibility index (Phi) is 3.02. The molecular weight excluding hydrogens is 222 g/mol. The average Bonchev–Trinajstić information content (AvgIpc) is 2.95. The fourth-order valence-corrected chi connectivity index (χ4v) is 1.23. The lowest BCUT2D eigenvalue weighted by atomic mass is 10.2. The third-order valence-corrected chi connectivity index (χ3v) is 1.91. The van der Waals surface area contributed by atoms with Gasteiger partial charge in [-0.1, -0.05) is 0 Å². The molecule has 0 aromatic heterocycles. The van der Waals surface area contributed by atoms with Gasteiger partial charge in [-0.2, -0.15) is 21.0 Å². The summed E-state index contributed by atoms with van der Waals surface area (Å²) in [5, 5.41) is 44.8. The van der Waals surface area contributed by atoms with Crippen LogP contribution < -0.4 is 0 Å². The van der Waals surface area contributed by atoms with Crippen LogP contribution >= 0.6 is 0 Å². The number of rotatable bonds is 1. The van der Waals surface area contributed by atoms with Crippen molar-refractivity contribution in [3.8, 4) is 24.3 Å². The lowest BCUT2D eigenvalue weighted by Gasteiger charge is -1.74. The second kappa shape index (κ2) is 4.40. The second-order valence-corrected chi connectivity index (χ2v) is 2.78. The van der Waals surface area contributed by atoms with Crippen LogP contribution in [0.25, 0.3) is 0 Å². The maximum absolute atomic E-state index is 10.3. The van der Waals surface area contributed by atoms with Crippen molar-refractivity contribution in [1.82, 2.24) is 0 Å². The first kappa shape index (κ1) is 11.7. The molecule has 17 heavy (non-hydrogen) atoms. The van der Waals surface area contributed by atoms with Crippen LogP contribution in [-0.4, -0.2) is 4.92 Å². The maximum Gasteiger partial charge on any atom is 0.243 e. The third-order valence-electron chi connectivity index (χ3n) is 1.91. The van der Waals surface area contributed by atoms with Crippen LogP contribution in [0.3, 0.4) is 0 Å². The number of nitrogens with zero attached hydrogens (tertiary/aromatic N) is 5. The minimum atomic E-state index is -0.777. The fraction of sp³-hybridized carbons (Fsp3) is 0. The molecule has 0 atom stereocenters. The van der Waals surface area contributed by atoms with Gasteiger partial charge in [0.25, 0.3) is 0 Å². The second-order valence-electron chi connectivity index (χ2n) is 2.78. The van der Waals surface area contributed by atoms with E-state index in [-0.39, 0.29) is 27.9 Å². The first-order valence-corrected chi connectivity index (χ1v) is 4.06. The Morgan fingerprint density at radius 3 is 1.59 bits per heavy atom. The molecule has 0 unspecified atom stereocenters. The van der Waals surface area contributed by atoms with Crippen molar-refractivity contribution < 1.29 is 4.92 Å². The summed E-state index contributed by atoms with van der Waals surface area (Å²) in [6.45, 7) is 0. The monoisotopic (exact) mass is 223 g/mol. The van der Waals surface area contributed by atoms with Crippen molar-refractivity contribution >= 4 is 0 Å². The first-order chi connectivity index (χ1) is 8.10. The van der Waals surface area contributed by atoms with Crippen LogP contribution in [0.5, 0.6) is 0 Å². The van der Waals surface area contributed by atoms with Gasteiger partial charge in [0.15, 0.2) is 0 Å². The van der Waals surface area contributed by atoms with Gasteiger partial charge in [0, 0.05) is 11.1 Å². The Hall–Kier alpha value is -3.42. The van der Waals surface area contributed by atoms with E-state index in [0.29, 0.717) is 6.20 Å². The van der Waals surface area contributed by atoms with Gasteiger partial charge in [0.2, 0.25) is 6.20 Å². The molecule has 0 heterocycles. The van der Waals surface area contributed by atoms with E-state index >= 15 is 0 Å². The molecule has 0 aromatic rings. The highest BCUT2D eigenvalue weighted by molar-refractivity contribution is 5.86. The van der Waals surface area contributed by atoms with Crippen molar-refractivity contribution in [2.24, 2.45) is 0 Å². The Balaban J connectivity index is 3.55. The Labute approximate surface area is 95.2 Å². The predicted molar refractivity (Wildman–Crippen MR) is 51.6 cm³/mol. The van der Waals surface area contributed by atoms with E-state index in [2.05, 4.69) is 0 Å². The van der Waals surface area contributed by atoms with Crippen molar-refractivity contribution in [2.75, 3.05) is 0 Å². The molecule has 0 saturated heterocycles. The van der Waals surface area contributed by atoms with Crippen molar-refractivity contribution in [3.05, 3.63) is 44.2 Å². The number of nitriles is 4. The molecule has 7 nitrogen and oxygen atoms in total. The number of nitro groups is 1. The molecule has 1 rings (SSSR count). The van der Waals surface area contributed by atoms with Crippen molar-refractivity contribution in [1.29, 1.82) is 21.0 Å². The van der Waals surface area contributed by atoms with E-state index in [1.54, 1.807) is 24.3 Å². The quantitative estimate of drug-likeness (QED) is 0.366. The molecule has 1 aliphatic rings. The summed E-state index contributed by atoms with van der Waals surface area (Å²) >= 11 is 0. The zero-order chi connectivity index (χ0) is 13.0. The molecule has 1 saturated carbocycles. The van der Waals surface area contributed by atoms with E-state index in [4.69, 9.17) is 21.0 Å². The van der Waals surface area contributed by atoms with E-state index < -0.39 is 4.92 Å². The molecule has 0 radical (unpaired) electrons. The van der Waals surface area contributed by atoms with Gasteiger partial charge in [0.05, 0.1) is 10.5 Å². The van der Waals surface area contributed by atoms with E-state index in [0.717, 1.165) is 0 Å². The first-order valence-electron chi connectivity index (χ1n) is 4.06. The van der Waals surface area contributed by atoms with E-state index in [1.807, 2.05) is 0 Å². The highest BCUT2D eigenvalue weighted by atomic mass is 16.6. The third kappa shape index (κ3) is 1.99. The van der Waals surface area contributed by atoms with Crippen molar-refractivity contribution in [3.63, 3.8) is 0 Å². The molecule has 0 bridgehead atoms. The number of hydrogen-bond acceptors (Lipinski definition) is 6. The van der Waals surface area contributed by atoms with Crippen LogP contribution in [-0.2, 0) is 0 Å². The predicted octanol–water partition coefficient (Wildman–Crippen LogP) is 0.848. The molecule has 78 valence electrons. The molecule has 1 aliphatic carbocycles. The molecule has 0 aromatic carbocycles. The van der Waals surface area contributed by atoms with Crippen molar-refractivity contribution in [2.45, 2.75) is 0 Å². The molecule has 1 fully saturated rings. The summed E-state index contributed by atoms with van der Waals surface area (Å²) in [7, 11) is 0. The van der Waals surface area contributed by atoms with E-state index in [1.165, 1.54) is 0 Å². The average molecular weight is 223 g/mol. The van der Waals surface area contributed by atoms with Gasteiger partial charge >= 0.3 is 0 Å². The minimum Gasteiger partial charge on any atom is -0.259 e. The zero-order valence-corrected chi connectivity index (χ0v) is 8.13. The van der Waals surface area contributed by atoms with Crippen LogP contribution in [0, 0.1) is 55.4 Å². The lowest BCUT2D eigenvalue weighted by Crippen LogP contribution is -1.81. The number of allylic oxidation sites excluding steroid dienone is 5. The highest BCUT2D eigenvalue weighted by Crippen LogP contribution is 2.48. The summed E-state index contributed by atoms with van der Waals surface area (Å²) in [6, 6.07) is 6.21. The van der Waals surface area contributed by atoms with Crippen LogP contribution in [0.4, 0.5) is 0 Å². The summed E-state index contributed by atoms with van der Waals surface area (Å²) in [5.74, 6) is 0. The summed E-state index contributed by atoms with van der Waals surface area (Å²) < 4.78 is 0. The lowest BCUT2D eigenvalue weighted by molar-refractivity contribution is -0.402. The maximum atomic E-state index is 10.3. The van der Waals surface area contributed by atoms with E-state index in [9.17, 15) is 10.1 Å². The van der Waals surface area contributed by atoms with Gasteiger partial charge < -0.3 is 0 Å². The minimum absolute atomic E-state index is 0.00444. The normalized spacial score (nSPS) is 11.4. The molecule has 0 amide bonds. The smallest absolute Gasteiger partial charge is 0.243 e. The zero-order valence-electron chi connectivity index (χ0n) is 8.13. The highest BCUT2D eigenvalue weighted by Gasteiger charge is 2.40. The molecule has 0 N–H and O–H groups in total. The Morgan fingerprint density at radius 2 is 1.35 bits per heavy atom. The molecule has 7 heteroatoms. The number of hydrogen-bond donors (Lipinski definition) is 0. The Morgan fingerprint density at radius 1 is 1.00 bits per heavy atom. The fourth-order valence-electron chi connectivity index (χ4n) is 1.23. The summed E-state index contributed by atoms with van der Waals surface area (Å²) in [6.07, 6.45) is 0.564. The topological polar surface area (TPSA) is 138 Å². The van der Waals surface area contributed by atoms with Crippen LogP contribution in [0.15, 0.2) is 34.1 Å². The van der Waals surface area contributed by atoms with Gasteiger partial charge in [-0.05, 0) is 0 Å². The SMILES string of the molecule is N#CC(C#N)=C1C(=C[N+](=O)[O-])C1=C(C#N)C#N. The summed E-state index contributed by atoms with van der Waals surface area (Å²) in [4.78, 5) is 9.51. The molecule has 0 spiro atoms. The van der Waals surface area contributed by atoms with Gasteiger partial charge in [-0.15, -0.1) is 0 Å². The summed E-state index contributed by atoms with van der Waals surface area (Å²) in [5.41, 5.74) is -0.715. The standard InChI is InChI=1S/C10HN5O2/c11-1-6(2-12)9-8(5-15(16)17)10(9)7(3-13)4-14/h5H. The van der Waals surface area contributed by atoms with Crippen LogP contribution in [0.2, 0.25) is 0 Å². The Bertz CT molecular complexity index is 585. The van der Waals surface area contributed by atoms with Gasteiger partial charge in [0.1, 0.15) is 35.4 Å². The van der Waals surface area contributed by atoms with Crippen LogP contribution in [0.1, 0.15) is 0 Å².